The molecular formula is C15H12N4O. The standard InChI is InChI=1S/C15H12N4O/c16-15(20)14-11(7-4-8-17-14)13-9-12(18-19-13)10-5-2-1-3-6-10/h1-9H,(H2,16,20)(H,18,19). The minimum Gasteiger partial charge on any atom is -0.364 e. The Morgan fingerprint density at radius 3 is 2.65 bits per heavy atom. The van der Waals surface area contributed by atoms with Crippen LogP contribution in [0.3, 0.4) is 0 Å². The maximum atomic E-state index is 11.4. The Labute approximate surface area is 115 Å². The van der Waals surface area contributed by atoms with Crippen LogP contribution in [0.2, 0.25) is 0 Å². The van der Waals surface area contributed by atoms with Gasteiger partial charge in [0.1, 0.15) is 5.69 Å². The normalized spacial score (nSPS) is 10.4. The second-order valence-corrected chi connectivity index (χ2v) is 4.30. The topological polar surface area (TPSA) is 84.7 Å². The Balaban J connectivity index is 2.05. The molecule has 5 nitrogen and oxygen atoms in total. The van der Waals surface area contributed by atoms with Crippen LogP contribution >= 0.6 is 0 Å². The first-order valence-electron chi connectivity index (χ1n) is 6.12. The van der Waals surface area contributed by atoms with Crippen molar-refractivity contribution < 1.29 is 4.79 Å². The monoisotopic (exact) mass is 264 g/mol. The van der Waals surface area contributed by atoms with E-state index in [4.69, 9.17) is 5.73 Å². The van der Waals surface area contributed by atoms with Crippen molar-refractivity contribution >= 4 is 5.91 Å². The van der Waals surface area contributed by atoms with Gasteiger partial charge in [-0.05, 0) is 18.2 Å². The highest BCUT2D eigenvalue weighted by Gasteiger charge is 2.13. The number of nitrogens with one attached hydrogen (secondary N) is 1. The first kappa shape index (κ1) is 12.1. The molecule has 0 radical (unpaired) electrons. The van der Waals surface area contributed by atoms with Crippen LogP contribution in [0.4, 0.5) is 0 Å². The van der Waals surface area contributed by atoms with E-state index in [1.807, 2.05) is 36.4 Å². The number of aromatic nitrogens is 3. The lowest BCUT2D eigenvalue weighted by molar-refractivity contribution is 0.0996. The largest absolute Gasteiger partial charge is 0.364 e. The highest BCUT2D eigenvalue weighted by Crippen LogP contribution is 2.25. The van der Waals surface area contributed by atoms with Gasteiger partial charge in [0.25, 0.3) is 5.91 Å². The van der Waals surface area contributed by atoms with E-state index < -0.39 is 5.91 Å². The van der Waals surface area contributed by atoms with Gasteiger partial charge in [0, 0.05) is 17.3 Å². The van der Waals surface area contributed by atoms with Crippen LogP contribution in [0.5, 0.6) is 0 Å². The first-order valence-corrected chi connectivity index (χ1v) is 6.12. The summed E-state index contributed by atoms with van der Waals surface area (Å²) in [5, 5.41) is 7.18. The fourth-order valence-electron chi connectivity index (χ4n) is 2.04. The van der Waals surface area contributed by atoms with Crippen LogP contribution in [0.25, 0.3) is 22.5 Å². The highest BCUT2D eigenvalue weighted by molar-refractivity contribution is 5.97. The van der Waals surface area contributed by atoms with E-state index in [-0.39, 0.29) is 5.69 Å². The summed E-state index contributed by atoms with van der Waals surface area (Å²) in [7, 11) is 0. The molecule has 0 aliphatic rings. The number of nitrogens with two attached hydrogens (primary N) is 1. The number of carbonyl (C=O) groups excluding carboxylic acids is 1. The first-order chi connectivity index (χ1) is 9.75. The molecule has 3 aromatic rings. The van der Waals surface area contributed by atoms with Crippen LogP contribution in [0.1, 0.15) is 10.5 Å². The lowest BCUT2D eigenvalue weighted by atomic mass is 10.1. The Kier molecular flexibility index (Phi) is 3.01. The van der Waals surface area contributed by atoms with Gasteiger partial charge in [0.2, 0.25) is 0 Å². The average molecular weight is 264 g/mol. The molecule has 0 saturated heterocycles. The number of hydrogen-bond acceptors (Lipinski definition) is 3. The molecule has 3 rings (SSSR count). The molecule has 1 aromatic carbocycles. The minimum absolute atomic E-state index is 0.232. The molecule has 0 spiro atoms. The van der Waals surface area contributed by atoms with E-state index in [0.717, 1.165) is 11.3 Å². The summed E-state index contributed by atoms with van der Waals surface area (Å²) in [4.78, 5) is 15.4. The number of primary amides is 1. The Morgan fingerprint density at radius 1 is 1.10 bits per heavy atom. The van der Waals surface area contributed by atoms with E-state index in [2.05, 4.69) is 15.2 Å². The highest BCUT2D eigenvalue weighted by atomic mass is 16.1. The van der Waals surface area contributed by atoms with Gasteiger partial charge in [0.05, 0.1) is 11.4 Å². The third kappa shape index (κ3) is 2.16. The number of H-pyrrole nitrogens is 1. The number of hydrogen-bond donors (Lipinski definition) is 2. The van der Waals surface area contributed by atoms with Gasteiger partial charge in [-0.1, -0.05) is 30.3 Å². The fraction of sp³-hybridized carbons (Fsp3) is 0. The molecule has 20 heavy (non-hydrogen) atoms. The van der Waals surface area contributed by atoms with Gasteiger partial charge in [-0.3, -0.25) is 14.9 Å². The maximum Gasteiger partial charge on any atom is 0.268 e. The molecular weight excluding hydrogens is 252 g/mol. The van der Waals surface area contributed by atoms with Gasteiger partial charge in [-0.2, -0.15) is 5.10 Å². The molecule has 0 unspecified atom stereocenters. The molecule has 0 atom stereocenters. The van der Waals surface area contributed by atoms with Crippen molar-refractivity contribution in [2.45, 2.75) is 0 Å². The molecule has 5 heteroatoms. The summed E-state index contributed by atoms with van der Waals surface area (Å²) >= 11 is 0. The lowest BCUT2D eigenvalue weighted by Crippen LogP contribution is -2.14. The summed E-state index contributed by atoms with van der Waals surface area (Å²) < 4.78 is 0. The molecule has 0 saturated carbocycles. The smallest absolute Gasteiger partial charge is 0.268 e. The Hall–Kier alpha value is -2.95. The number of pyridine rings is 1. The Morgan fingerprint density at radius 2 is 1.90 bits per heavy atom. The maximum absolute atomic E-state index is 11.4. The molecule has 2 aromatic heterocycles. The van der Waals surface area contributed by atoms with Crippen molar-refractivity contribution in [2.24, 2.45) is 5.73 Å². The van der Waals surface area contributed by atoms with E-state index in [1.165, 1.54) is 6.20 Å². The van der Waals surface area contributed by atoms with Crippen LogP contribution in [0, 0.1) is 0 Å². The number of aromatic amines is 1. The second-order valence-electron chi connectivity index (χ2n) is 4.30. The zero-order chi connectivity index (χ0) is 13.9. The van der Waals surface area contributed by atoms with E-state index >= 15 is 0 Å². The molecule has 0 fully saturated rings. The van der Waals surface area contributed by atoms with Gasteiger partial charge in [-0.25, -0.2) is 0 Å². The number of amides is 1. The van der Waals surface area contributed by atoms with Gasteiger partial charge >= 0.3 is 0 Å². The molecule has 0 bridgehead atoms. The predicted molar refractivity (Wildman–Crippen MR) is 75.8 cm³/mol. The predicted octanol–water partition coefficient (Wildman–Crippen LogP) is 2.24. The lowest BCUT2D eigenvalue weighted by Gasteiger charge is -2.01. The SMILES string of the molecule is NC(=O)c1ncccc1-c1cc(-c2ccccc2)n[nH]1. The van der Waals surface area contributed by atoms with Gasteiger partial charge < -0.3 is 5.73 Å². The summed E-state index contributed by atoms with van der Waals surface area (Å²) in [5.41, 5.74) is 8.73. The van der Waals surface area contributed by atoms with E-state index in [0.29, 0.717) is 11.3 Å². The summed E-state index contributed by atoms with van der Waals surface area (Å²) in [5.74, 6) is -0.559. The minimum atomic E-state index is -0.559. The molecule has 0 aliphatic heterocycles. The van der Waals surface area contributed by atoms with Crippen LogP contribution < -0.4 is 5.73 Å². The van der Waals surface area contributed by atoms with Crippen LogP contribution in [-0.2, 0) is 0 Å². The van der Waals surface area contributed by atoms with Crippen molar-refractivity contribution in [3.63, 3.8) is 0 Å². The average Bonchev–Trinajstić information content (AvgIpc) is 2.98. The number of benzene rings is 1. The Bertz CT molecular complexity index is 749. The fourth-order valence-corrected chi connectivity index (χ4v) is 2.04. The summed E-state index contributed by atoms with van der Waals surface area (Å²) in [6.07, 6.45) is 1.54. The third-order valence-corrected chi connectivity index (χ3v) is 2.98. The zero-order valence-electron chi connectivity index (χ0n) is 10.6. The van der Waals surface area contributed by atoms with Crippen molar-refractivity contribution in [3.05, 3.63) is 60.4 Å². The molecule has 1 amide bonds. The summed E-state index contributed by atoms with van der Waals surface area (Å²) in [6, 6.07) is 15.2. The van der Waals surface area contributed by atoms with Crippen molar-refractivity contribution in [1.82, 2.24) is 15.2 Å². The van der Waals surface area contributed by atoms with E-state index in [9.17, 15) is 4.79 Å². The molecule has 98 valence electrons. The van der Waals surface area contributed by atoms with Gasteiger partial charge in [0.15, 0.2) is 0 Å². The summed E-state index contributed by atoms with van der Waals surface area (Å²) in [6.45, 7) is 0. The van der Waals surface area contributed by atoms with Crippen molar-refractivity contribution in [2.75, 3.05) is 0 Å². The van der Waals surface area contributed by atoms with Crippen LogP contribution in [0.15, 0.2) is 54.7 Å². The molecule has 2 heterocycles. The second kappa shape index (κ2) is 4.97. The number of nitrogens with zero attached hydrogens (tertiary/aromatic N) is 2. The van der Waals surface area contributed by atoms with Crippen molar-refractivity contribution in [3.8, 4) is 22.5 Å². The third-order valence-electron chi connectivity index (χ3n) is 2.98. The molecule has 0 aliphatic carbocycles. The number of carbonyl (C=O) groups is 1. The quantitative estimate of drug-likeness (QED) is 0.760. The van der Waals surface area contributed by atoms with Crippen LogP contribution in [-0.4, -0.2) is 21.1 Å². The zero-order valence-corrected chi connectivity index (χ0v) is 10.6. The van der Waals surface area contributed by atoms with Gasteiger partial charge in [-0.15, -0.1) is 0 Å². The van der Waals surface area contributed by atoms with E-state index in [1.54, 1.807) is 12.1 Å². The van der Waals surface area contributed by atoms with Crippen molar-refractivity contribution in [1.29, 1.82) is 0 Å². The molecule has 3 N–H and O–H groups in total. The number of rotatable bonds is 3.